The molecule has 0 unspecified atom stereocenters. The van der Waals surface area contributed by atoms with Crippen LogP contribution in [-0.4, -0.2) is 43.9 Å². The van der Waals surface area contributed by atoms with Gasteiger partial charge in [-0.15, -0.1) is 0 Å². The van der Waals surface area contributed by atoms with Gasteiger partial charge in [-0.25, -0.2) is 14.5 Å². The standard InChI is InChI=1S/C22H19N5O2/c28-21(29)17-13-23-27(14-17)22-24-19-12-16(15-6-2-1-3-7-15)8-9-18(19)20(25-22)26-10-4-5-11-26/h1-3,6-9,12-14H,4-5,10-11H2,(H,28,29). The molecular formula is C22H19N5O2. The fourth-order valence-corrected chi connectivity index (χ4v) is 3.73. The van der Waals surface area contributed by atoms with Crippen LogP contribution in [-0.2, 0) is 0 Å². The number of rotatable bonds is 4. The lowest BCUT2D eigenvalue weighted by atomic mass is 10.0. The third-order valence-electron chi connectivity index (χ3n) is 5.21. The molecule has 0 amide bonds. The molecule has 4 aromatic rings. The fraction of sp³-hybridized carbons (Fsp3) is 0.182. The van der Waals surface area contributed by atoms with Crippen molar-refractivity contribution in [3.63, 3.8) is 0 Å². The highest BCUT2D eigenvalue weighted by atomic mass is 16.4. The van der Waals surface area contributed by atoms with Gasteiger partial charge in [0.05, 0.1) is 17.3 Å². The Balaban J connectivity index is 1.69. The van der Waals surface area contributed by atoms with Crippen molar-refractivity contribution in [2.45, 2.75) is 12.8 Å². The van der Waals surface area contributed by atoms with E-state index in [-0.39, 0.29) is 5.56 Å². The zero-order valence-electron chi connectivity index (χ0n) is 15.7. The first-order valence-corrected chi connectivity index (χ1v) is 9.59. The van der Waals surface area contributed by atoms with Gasteiger partial charge >= 0.3 is 5.97 Å². The normalized spacial score (nSPS) is 13.9. The van der Waals surface area contributed by atoms with Crippen LogP contribution in [0, 0.1) is 0 Å². The minimum absolute atomic E-state index is 0.106. The first-order valence-electron chi connectivity index (χ1n) is 9.59. The minimum atomic E-state index is -1.02. The SMILES string of the molecule is O=C(O)c1cnn(-c2nc(N3CCCC3)c3ccc(-c4ccccc4)cc3n2)c1. The van der Waals surface area contributed by atoms with Crippen LogP contribution in [0.15, 0.2) is 60.9 Å². The van der Waals surface area contributed by atoms with Crippen molar-refractivity contribution in [1.82, 2.24) is 19.7 Å². The molecule has 2 aromatic heterocycles. The molecule has 3 heterocycles. The largest absolute Gasteiger partial charge is 0.478 e. The summed E-state index contributed by atoms with van der Waals surface area (Å²) in [5, 5.41) is 14.3. The van der Waals surface area contributed by atoms with E-state index in [1.165, 1.54) is 17.1 Å². The lowest BCUT2D eigenvalue weighted by Crippen LogP contribution is -2.20. The monoisotopic (exact) mass is 385 g/mol. The van der Waals surface area contributed by atoms with Crippen LogP contribution in [0.2, 0.25) is 0 Å². The maximum absolute atomic E-state index is 11.2. The molecule has 0 atom stereocenters. The molecule has 1 saturated heterocycles. The molecule has 7 heteroatoms. The van der Waals surface area contributed by atoms with Crippen molar-refractivity contribution in [1.29, 1.82) is 0 Å². The predicted octanol–water partition coefficient (Wildman–Crippen LogP) is 3.78. The number of carboxylic acid groups (broad SMARTS) is 1. The number of aromatic carboxylic acids is 1. The van der Waals surface area contributed by atoms with Crippen LogP contribution in [0.5, 0.6) is 0 Å². The zero-order valence-corrected chi connectivity index (χ0v) is 15.7. The van der Waals surface area contributed by atoms with E-state index in [0.717, 1.165) is 53.8 Å². The van der Waals surface area contributed by atoms with Gasteiger partial charge in [0, 0.05) is 24.7 Å². The second kappa shape index (κ2) is 7.01. The van der Waals surface area contributed by atoms with Crippen LogP contribution < -0.4 is 4.90 Å². The maximum atomic E-state index is 11.2. The molecule has 1 aliphatic rings. The molecule has 1 N–H and O–H groups in total. The first-order chi connectivity index (χ1) is 14.2. The van der Waals surface area contributed by atoms with E-state index in [4.69, 9.17) is 9.97 Å². The molecule has 5 rings (SSSR count). The van der Waals surface area contributed by atoms with Gasteiger partial charge in [-0.1, -0.05) is 36.4 Å². The Bertz CT molecular complexity index is 1200. The second-order valence-electron chi connectivity index (χ2n) is 7.12. The molecule has 0 radical (unpaired) electrons. The van der Waals surface area contributed by atoms with Crippen LogP contribution in [0.4, 0.5) is 5.82 Å². The Morgan fingerprint density at radius 1 is 0.966 bits per heavy atom. The summed E-state index contributed by atoms with van der Waals surface area (Å²) in [5.41, 5.74) is 3.10. The molecule has 0 spiro atoms. The number of anilines is 1. The van der Waals surface area contributed by atoms with Gasteiger partial charge in [-0.3, -0.25) is 0 Å². The van der Waals surface area contributed by atoms with Crippen LogP contribution in [0.25, 0.3) is 28.0 Å². The van der Waals surface area contributed by atoms with Gasteiger partial charge in [0.2, 0.25) is 0 Å². The lowest BCUT2D eigenvalue weighted by Gasteiger charge is -2.19. The quantitative estimate of drug-likeness (QED) is 0.575. The Labute approximate surface area is 167 Å². The number of carbonyl (C=O) groups is 1. The summed E-state index contributed by atoms with van der Waals surface area (Å²) in [6, 6.07) is 16.4. The molecule has 144 valence electrons. The summed E-state index contributed by atoms with van der Waals surface area (Å²) >= 11 is 0. The van der Waals surface area contributed by atoms with Gasteiger partial charge in [0.1, 0.15) is 5.82 Å². The van der Waals surface area contributed by atoms with Gasteiger partial charge in [0.15, 0.2) is 0 Å². The Kier molecular flexibility index (Phi) is 4.20. The van der Waals surface area contributed by atoms with Crippen molar-refractivity contribution in [3.8, 4) is 17.1 Å². The van der Waals surface area contributed by atoms with Crippen LogP contribution in [0.1, 0.15) is 23.2 Å². The smallest absolute Gasteiger partial charge is 0.338 e. The first kappa shape index (κ1) is 17.4. The highest BCUT2D eigenvalue weighted by Crippen LogP contribution is 2.31. The Morgan fingerprint density at radius 2 is 1.76 bits per heavy atom. The highest BCUT2D eigenvalue weighted by molar-refractivity contribution is 5.93. The van der Waals surface area contributed by atoms with E-state index in [1.54, 1.807) is 0 Å². The van der Waals surface area contributed by atoms with Crippen molar-refractivity contribution >= 4 is 22.7 Å². The molecular weight excluding hydrogens is 366 g/mol. The average molecular weight is 385 g/mol. The van der Waals surface area contributed by atoms with Gasteiger partial charge in [-0.05, 0) is 36.1 Å². The van der Waals surface area contributed by atoms with Crippen molar-refractivity contribution in [2.75, 3.05) is 18.0 Å². The predicted molar refractivity (Wildman–Crippen MR) is 111 cm³/mol. The number of benzene rings is 2. The number of carboxylic acids is 1. The van der Waals surface area contributed by atoms with Crippen LogP contribution in [0.3, 0.4) is 0 Å². The van der Waals surface area contributed by atoms with E-state index in [0.29, 0.717) is 5.95 Å². The van der Waals surface area contributed by atoms with Crippen molar-refractivity contribution < 1.29 is 9.90 Å². The molecule has 1 fully saturated rings. The third kappa shape index (κ3) is 3.20. The number of aromatic nitrogens is 4. The Morgan fingerprint density at radius 3 is 2.48 bits per heavy atom. The fourth-order valence-electron chi connectivity index (χ4n) is 3.73. The van der Waals surface area contributed by atoms with E-state index in [2.05, 4.69) is 40.3 Å². The minimum Gasteiger partial charge on any atom is -0.478 e. The highest BCUT2D eigenvalue weighted by Gasteiger charge is 2.20. The summed E-state index contributed by atoms with van der Waals surface area (Å²) in [6.07, 6.45) is 5.02. The van der Waals surface area contributed by atoms with E-state index in [9.17, 15) is 9.90 Å². The lowest BCUT2D eigenvalue weighted by molar-refractivity contribution is 0.0697. The van der Waals surface area contributed by atoms with Crippen molar-refractivity contribution in [3.05, 3.63) is 66.5 Å². The van der Waals surface area contributed by atoms with Crippen LogP contribution >= 0.6 is 0 Å². The summed E-state index contributed by atoms with van der Waals surface area (Å²) < 4.78 is 1.43. The molecule has 0 bridgehead atoms. The van der Waals surface area contributed by atoms with Gasteiger partial charge in [-0.2, -0.15) is 10.1 Å². The van der Waals surface area contributed by atoms with Crippen molar-refractivity contribution in [2.24, 2.45) is 0 Å². The number of fused-ring (bicyclic) bond motifs is 1. The molecule has 29 heavy (non-hydrogen) atoms. The van der Waals surface area contributed by atoms with Gasteiger partial charge in [0.25, 0.3) is 5.95 Å². The summed E-state index contributed by atoms with van der Waals surface area (Å²) in [4.78, 5) is 23.0. The average Bonchev–Trinajstić information content (AvgIpc) is 3.45. The third-order valence-corrected chi connectivity index (χ3v) is 5.21. The number of nitrogens with zero attached hydrogens (tertiary/aromatic N) is 5. The van der Waals surface area contributed by atoms with E-state index < -0.39 is 5.97 Å². The molecule has 2 aromatic carbocycles. The molecule has 0 saturated carbocycles. The summed E-state index contributed by atoms with van der Waals surface area (Å²) in [7, 11) is 0. The van der Waals surface area contributed by atoms with Gasteiger partial charge < -0.3 is 10.0 Å². The topological polar surface area (TPSA) is 84.1 Å². The Hall–Kier alpha value is -3.74. The zero-order chi connectivity index (χ0) is 19.8. The summed E-state index contributed by atoms with van der Waals surface area (Å²) in [6.45, 7) is 1.90. The van der Waals surface area contributed by atoms with E-state index >= 15 is 0 Å². The molecule has 7 nitrogen and oxygen atoms in total. The molecule has 0 aliphatic carbocycles. The summed E-state index contributed by atoms with van der Waals surface area (Å²) in [5.74, 6) is 0.217. The molecule has 1 aliphatic heterocycles. The number of hydrogen-bond acceptors (Lipinski definition) is 5. The number of hydrogen-bond donors (Lipinski definition) is 1. The van der Waals surface area contributed by atoms with E-state index in [1.807, 2.05) is 18.2 Å². The maximum Gasteiger partial charge on any atom is 0.338 e. The second-order valence-corrected chi connectivity index (χ2v) is 7.12.